The molecule has 1 fully saturated rings. The molecule has 1 aliphatic rings. The monoisotopic (exact) mass is 359 g/mol. The van der Waals surface area contributed by atoms with Gasteiger partial charge < -0.3 is 9.64 Å². The molecule has 6 heteroatoms. The predicted octanol–water partition coefficient (Wildman–Crippen LogP) is 3.57. The summed E-state index contributed by atoms with van der Waals surface area (Å²) < 4.78 is 18.9. The highest BCUT2D eigenvalue weighted by molar-refractivity contribution is 5.75. The van der Waals surface area contributed by atoms with Crippen molar-refractivity contribution in [2.45, 2.75) is 44.6 Å². The Morgan fingerprint density at radius 3 is 3.08 bits per heavy atom. The standard InChI is InChI=1S/C20H26FN3O2/c1-24(20(25)10-9-18-8-4-12-26-18)11-3-7-17-14-19(23-22-17)15-5-2-6-16(21)13-15/h2,5-6,13-14,18H,3-4,7-12H2,1H3,(H,22,23)/t18-/m0/s1. The summed E-state index contributed by atoms with van der Waals surface area (Å²) in [5.41, 5.74) is 2.49. The van der Waals surface area contributed by atoms with Gasteiger partial charge in [-0.15, -0.1) is 0 Å². The molecule has 1 aromatic carbocycles. The van der Waals surface area contributed by atoms with Crippen LogP contribution in [0.5, 0.6) is 0 Å². The Hall–Kier alpha value is -2.21. The number of aromatic nitrogens is 2. The number of amides is 1. The molecule has 1 N–H and O–H groups in total. The first-order valence-corrected chi connectivity index (χ1v) is 9.27. The van der Waals surface area contributed by atoms with Crippen molar-refractivity contribution in [3.05, 3.63) is 41.8 Å². The van der Waals surface area contributed by atoms with Crippen molar-refractivity contribution in [2.24, 2.45) is 0 Å². The minimum Gasteiger partial charge on any atom is -0.378 e. The maximum absolute atomic E-state index is 13.3. The molecule has 0 unspecified atom stereocenters. The fraction of sp³-hybridized carbons (Fsp3) is 0.500. The average molecular weight is 359 g/mol. The van der Waals surface area contributed by atoms with Crippen LogP contribution >= 0.6 is 0 Å². The molecule has 140 valence electrons. The maximum atomic E-state index is 13.3. The van der Waals surface area contributed by atoms with E-state index in [1.165, 1.54) is 12.1 Å². The zero-order valence-corrected chi connectivity index (χ0v) is 15.2. The Labute approximate surface area is 153 Å². The van der Waals surface area contributed by atoms with Crippen molar-refractivity contribution in [1.82, 2.24) is 15.1 Å². The first kappa shape index (κ1) is 18.6. The number of nitrogens with one attached hydrogen (secondary N) is 1. The zero-order valence-electron chi connectivity index (χ0n) is 15.2. The number of aromatic amines is 1. The highest BCUT2D eigenvalue weighted by Crippen LogP contribution is 2.19. The number of benzene rings is 1. The van der Waals surface area contributed by atoms with Crippen LogP contribution in [0.25, 0.3) is 11.3 Å². The summed E-state index contributed by atoms with van der Waals surface area (Å²) in [6.45, 7) is 1.54. The Kier molecular flexibility index (Phi) is 6.39. The predicted molar refractivity (Wildman–Crippen MR) is 98.1 cm³/mol. The summed E-state index contributed by atoms with van der Waals surface area (Å²) >= 11 is 0. The van der Waals surface area contributed by atoms with Gasteiger partial charge in [0.1, 0.15) is 5.82 Å². The highest BCUT2D eigenvalue weighted by Gasteiger charge is 2.18. The van der Waals surface area contributed by atoms with E-state index in [0.29, 0.717) is 13.0 Å². The molecule has 0 saturated carbocycles. The molecule has 1 aromatic heterocycles. The summed E-state index contributed by atoms with van der Waals surface area (Å²) in [5.74, 6) is -0.0965. The molecule has 1 saturated heterocycles. The second kappa shape index (κ2) is 8.94. The largest absolute Gasteiger partial charge is 0.378 e. The van der Waals surface area contributed by atoms with E-state index >= 15 is 0 Å². The lowest BCUT2D eigenvalue weighted by molar-refractivity contribution is -0.130. The number of carbonyl (C=O) groups is 1. The molecule has 0 spiro atoms. The smallest absolute Gasteiger partial charge is 0.222 e. The first-order valence-electron chi connectivity index (χ1n) is 9.27. The third-order valence-electron chi connectivity index (χ3n) is 4.82. The number of aryl methyl sites for hydroxylation is 1. The second-order valence-corrected chi connectivity index (χ2v) is 6.88. The van der Waals surface area contributed by atoms with Gasteiger partial charge in [-0.05, 0) is 50.3 Å². The average Bonchev–Trinajstić information content (AvgIpc) is 3.31. The van der Waals surface area contributed by atoms with Crippen LogP contribution in [0, 0.1) is 5.82 Å². The SMILES string of the molecule is CN(CCCc1cc(-c2cccc(F)c2)n[nH]1)C(=O)CC[C@@H]1CCCO1. The van der Waals surface area contributed by atoms with Gasteiger partial charge in [0.05, 0.1) is 11.8 Å². The van der Waals surface area contributed by atoms with Crippen LogP contribution in [0.4, 0.5) is 4.39 Å². The first-order chi connectivity index (χ1) is 12.6. The van der Waals surface area contributed by atoms with E-state index in [4.69, 9.17) is 4.74 Å². The highest BCUT2D eigenvalue weighted by atomic mass is 19.1. The third kappa shape index (κ3) is 5.14. The number of halogens is 1. The van der Waals surface area contributed by atoms with E-state index in [-0.39, 0.29) is 17.8 Å². The van der Waals surface area contributed by atoms with Crippen LogP contribution in [0.15, 0.2) is 30.3 Å². The Bertz CT molecular complexity index is 725. The topological polar surface area (TPSA) is 58.2 Å². The molecule has 5 nitrogen and oxygen atoms in total. The van der Waals surface area contributed by atoms with Gasteiger partial charge in [0, 0.05) is 37.9 Å². The Balaban J connectivity index is 1.41. The maximum Gasteiger partial charge on any atom is 0.222 e. The van der Waals surface area contributed by atoms with Gasteiger partial charge in [-0.1, -0.05) is 12.1 Å². The van der Waals surface area contributed by atoms with E-state index < -0.39 is 0 Å². The molecule has 0 radical (unpaired) electrons. The number of rotatable bonds is 8. The molecule has 0 aliphatic carbocycles. The van der Waals surface area contributed by atoms with Crippen molar-refractivity contribution >= 4 is 5.91 Å². The van der Waals surface area contributed by atoms with E-state index in [2.05, 4.69) is 10.2 Å². The van der Waals surface area contributed by atoms with Crippen LogP contribution < -0.4 is 0 Å². The molecular weight excluding hydrogens is 333 g/mol. The number of carbonyl (C=O) groups excluding carboxylic acids is 1. The number of H-pyrrole nitrogens is 1. The Morgan fingerprint density at radius 2 is 2.31 bits per heavy atom. The molecule has 26 heavy (non-hydrogen) atoms. The molecule has 1 aliphatic heterocycles. The molecular formula is C20H26FN3O2. The van der Waals surface area contributed by atoms with Crippen molar-refractivity contribution in [3.8, 4) is 11.3 Å². The van der Waals surface area contributed by atoms with Gasteiger partial charge in [0.2, 0.25) is 5.91 Å². The lowest BCUT2D eigenvalue weighted by Gasteiger charge is -2.18. The summed E-state index contributed by atoms with van der Waals surface area (Å²) in [5, 5.41) is 7.24. The number of hydrogen-bond acceptors (Lipinski definition) is 3. The lowest BCUT2D eigenvalue weighted by atomic mass is 10.1. The number of nitrogens with zero attached hydrogens (tertiary/aromatic N) is 2. The molecule has 1 amide bonds. The third-order valence-corrected chi connectivity index (χ3v) is 4.82. The van der Waals surface area contributed by atoms with E-state index in [1.54, 1.807) is 11.0 Å². The lowest BCUT2D eigenvalue weighted by Crippen LogP contribution is -2.28. The van der Waals surface area contributed by atoms with Crippen molar-refractivity contribution in [3.63, 3.8) is 0 Å². The molecule has 2 aromatic rings. The van der Waals surface area contributed by atoms with Gasteiger partial charge in [0.25, 0.3) is 0 Å². The van der Waals surface area contributed by atoms with Crippen LogP contribution in [-0.2, 0) is 16.0 Å². The van der Waals surface area contributed by atoms with Gasteiger partial charge in [-0.2, -0.15) is 5.10 Å². The van der Waals surface area contributed by atoms with Crippen LogP contribution in [0.1, 0.15) is 37.8 Å². The summed E-state index contributed by atoms with van der Waals surface area (Å²) in [6.07, 6.45) is 5.47. The number of hydrogen-bond donors (Lipinski definition) is 1. The normalized spacial score (nSPS) is 16.8. The molecule has 0 bridgehead atoms. The molecule has 3 rings (SSSR count). The quantitative estimate of drug-likeness (QED) is 0.784. The van der Waals surface area contributed by atoms with Crippen LogP contribution in [-0.4, -0.2) is 47.3 Å². The molecule has 2 heterocycles. The van der Waals surface area contributed by atoms with Gasteiger partial charge in [-0.3, -0.25) is 9.89 Å². The number of ether oxygens (including phenoxy) is 1. The van der Waals surface area contributed by atoms with Crippen molar-refractivity contribution in [1.29, 1.82) is 0 Å². The summed E-state index contributed by atoms with van der Waals surface area (Å²) in [4.78, 5) is 14.0. The Morgan fingerprint density at radius 1 is 1.42 bits per heavy atom. The minimum absolute atomic E-state index is 0.172. The second-order valence-electron chi connectivity index (χ2n) is 6.88. The fourth-order valence-electron chi connectivity index (χ4n) is 3.26. The molecule has 1 atom stereocenters. The fourth-order valence-corrected chi connectivity index (χ4v) is 3.26. The van der Waals surface area contributed by atoms with Gasteiger partial charge in [-0.25, -0.2) is 4.39 Å². The van der Waals surface area contributed by atoms with Crippen molar-refractivity contribution < 1.29 is 13.9 Å². The summed E-state index contributed by atoms with van der Waals surface area (Å²) in [7, 11) is 1.85. The van der Waals surface area contributed by atoms with Crippen LogP contribution in [0.2, 0.25) is 0 Å². The van der Waals surface area contributed by atoms with E-state index in [1.807, 2.05) is 19.2 Å². The van der Waals surface area contributed by atoms with E-state index in [9.17, 15) is 9.18 Å². The summed E-state index contributed by atoms with van der Waals surface area (Å²) in [6, 6.07) is 8.34. The van der Waals surface area contributed by atoms with Gasteiger partial charge in [0.15, 0.2) is 0 Å². The van der Waals surface area contributed by atoms with Gasteiger partial charge >= 0.3 is 0 Å². The van der Waals surface area contributed by atoms with E-state index in [0.717, 1.165) is 55.7 Å². The van der Waals surface area contributed by atoms with Crippen LogP contribution in [0.3, 0.4) is 0 Å². The zero-order chi connectivity index (χ0) is 18.4. The van der Waals surface area contributed by atoms with Crippen molar-refractivity contribution in [2.75, 3.05) is 20.2 Å². The minimum atomic E-state index is -0.268.